The Morgan fingerprint density at radius 1 is 1.12 bits per heavy atom. The Balaban J connectivity index is 1.76. The molecule has 6 nitrogen and oxygen atoms in total. The summed E-state index contributed by atoms with van der Waals surface area (Å²) in [5, 5.41) is 2.86. The van der Waals surface area contributed by atoms with Crippen molar-refractivity contribution in [3.8, 4) is 5.75 Å². The summed E-state index contributed by atoms with van der Waals surface area (Å²) in [5.74, 6) is 0.0538. The Hall–Kier alpha value is -3.02. The van der Waals surface area contributed by atoms with Gasteiger partial charge >= 0.3 is 5.97 Å². The highest BCUT2D eigenvalue weighted by Crippen LogP contribution is 2.12. The smallest absolute Gasteiger partial charge is 0.344 e. The molecule has 3 N–H and O–H groups in total. The van der Waals surface area contributed by atoms with Gasteiger partial charge in [-0.3, -0.25) is 4.79 Å². The molecule has 0 bridgehead atoms. The van der Waals surface area contributed by atoms with Gasteiger partial charge in [0.1, 0.15) is 5.75 Å². The molecule has 0 aliphatic rings. The average Bonchev–Trinajstić information content (AvgIpc) is 2.61. The highest BCUT2D eigenvalue weighted by Gasteiger charge is 2.06. The zero-order valence-electron chi connectivity index (χ0n) is 14.2. The number of carbonyl (C=O) groups is 2. The number of nitrogen functional groups attached to an aromatic ring is 1. The molecule has 0 aliphatic carbocycles. The van der Waals surface area contributed by atoms with Crippen molar-refractivity contribution in [3.63, 3.8) is 0 Å². The third-order valence-electron chi connectivity index (χ3n) is 3.43. The summed E-state index contributed by atoms with van der Waals surface area (Å²) in [6.07, 6.45) is 0.687. The highest BCUT2D eigenvalue weighted by atomic mass is 16.6. The number of rotatable bonds is 8. The van der Waals surface area contributed by atoms with Crippen molar-refractivity contribution >= 4 is 17.6 Å². The fraction of sp³-hybridized carbons (Fsp3) is 0.263. The van der Waals surface area contributed by atoms with Gasteiger partial charge in [0, 0.05) is 17.8 Å². The zero-order valence-corrected chi connectivity index (χ0v) is 14.2. The minimum atomic E-state index is -0.393. The van der Waals surface area contributed by atoms with Gasteiger partial charge in [0.25, 0.3) is 5.91 Å². The van der Waals surface area contributed by atoms with Crippen LogP contribution in [-0.4, -0.2) is 31.6 Å². The number of benzene rings is 2. The predicted molar refractivity (Wildman–Crippen MR) is 95.5 cm³/mol. The molecule has 25 heavy (non-hydrogen) atoms. The lowest BCUT2D eigenvalue weighted by molar-refractivity contribution is -0.145. The van der Waals surface area contributed by atoms with Crippen molar-refractivity contribution in [3.05, 3.63) is 59.7 Å². The molecule has 0 heterocycles. The Labute approximate surface area is 146 Å². The molecule has 1 amide bonds. The summed E-state index contributed by atoms with van der Waals surface area (Å²) in [4.78, 5) is 23.2. The average molecular weight is 342 g/mol. The maximum atomic E-state index is 12.0. The molecule has 2 aromatic rings. The van der Waals surface area contributed by atoms with Gasteiger partial charge in [-0.25, -0.2) is 4.79 Å². The number of anilines is 1. The van der Waals surface area contributed by atoms with Gasteiger partial charge in [-0.05, 0) is 49.2 Å². The second-order valence-electron chi connectivity index (χ2n) is 5.37. The number of nitrogens with one attached hydrogen (secondary N) is 1. The van der Waals surface area contributed by atoms with Crippen LogP contribution < -0.4 is 15.8 Å². The second-order valence-corrected chi connectivity index (χ2v) is 5.37. The molecule has 0 radical (unpaired) electrons. The van der Waals surface area contributed by atoms with E-state index < -0.39 is 5.97 Å². The Kier molecular flexibility index (Phi) is 6.83. The molecule has 0 aromatic heterocycles. The topological polar surface area (TPSA) is 90.6 Å². The van der Waals surface area contributed by atoms with Gasteiger partial charge in [0.15, 0.2) is 6.61 Å². The molecule has 0 unspecified atom stereocenters. The Morgan fingerprint density at radius 3 is 2.56 bits per heavy atom. The molecule has 0 aliphatic heterocycles. The van der Waals surface area contributed by atoms with E-state index in [1.165, 1.54) is 0 Å². The van der Waals surface area contributed by atoms with E-state index in [4.69, 9.17) is 15.2 Å². The molecule has 0 saturated carbocycles. The Bertz CT molecular complexity index is 714. The number of ether oxygens (including phenoxy) is 2. The van der Waals surface area contributed by atoms with Crippen molar-refractivity contribution in [2.75, 3.05) is 25.5 Å². The lowest BCUT2D eigenvalue weighted by atomic mass is 10.1. The molecule has 6 heteroatoms. The summed E-state index contributed by atoms with van der Waals surface area (Å²) < 4.78 is 10.1. The third kappa shape index (κ3) is 6.18. The van der Waals surface area contributed by atoms with Gasteiger partial charge in [-0.1, -0.05) is 18.2 Å². The molecular weight excluding hydrogens is 320 g/mol. The van der Waals surface area contributed by atoms with Gasteiger partial charge in [-0.2, -0.15) is 0 Å². The van der Waals surface area contributed by atoms with E-state index >= 15 is 0 Å². The molecule has 2 rings (SSSR count). The first kappa shape index (κ1) is 18.3. The van der Waals surface area contributed by atoms with Crippen LogP contribution in [0.15, 0.2) is 48.5 Å². The predicted octanol–water partition coefficient (Wildman–Crippen LogP) is 2.18. The first-order chi connectivity index (χ1) is 12.1. The molecule has 132 valence electrons. The molecule has 2 aromatic carbocycles. The van der Waals surface area contributed by atoms with Crippen LogP contribution in [0.1, 0.15) is 22.8 Å². The van der Waals surface area contributed by atoms with Crippen molar-refractivity contribution in [1.29, 1.82) is 0 Å². The van der Waals surface area contributed by atoms with E-state index in [1.807, 2.05) is 12.1 Å². The molecule has 0 spiro atoms. The monoisotopic (exact) mass is 342 g/mol. The highest BCUT2D eigenvalue weighted by molar-refractivity contribution is 5.94. The molecular formula is C19H22N2O4. The van der Waals surface area contributed by atoms with Gasteiger partial charge in [0.05, 0.1) is 6.61 Å². The maximum Gasteiger partial charge on any atom is 0.344 e. The zero-order chi connectivity index (χ0) is 18.1. The van der Waals surface area contributed by atoms with Gasteiger partial charge < -0.3 is 20.5 Å². The Morgan fingerprint density at radius 2 is 1.88 bits per heavy atom. The van der Waals surface area contributed by atoms with Gasteiger partial charge in [-0.15, -0.1) is 0 Å². The molecule has 0 atom stereocenters. The van der Waals surface area contributed by atoms with Crippen LogP contribution in [0.2, 0.25) is 0 Å². The normalized spacial score (nSPS) is 10.1. The van der Waals surface area contributed by atoms with Crippen LogP contribution in [0.4, 0.5) is 5.69 Å². The standard InChI is InChI=1S/C19H22N2O4/c1-2-24-18(22)13-25-17-8-6-14(7-9-17)10-11-21-19(23)15-4-3-5-16(20)12-15/h3-9,12H,2,10-11,13,20H2,1H3,(H,21,23). The van der Waals surface area contributed by atoms with Crippen molar-refractivity contribution in [2.24, 2.45) is 0 Å². The number of nitrogens with two attached hydrogens (primary N) is 1. The van der Waals surface area contributed by atoms with E-state index in [1.54, 1.807) is 43.3 Å². The van der Waals surface area contributed by atoms with Crippen LogP contribution >= 0.6 is 0 Å². The number of carbonyl (C=O) groups excluding carboxylic acids is 2. The SMILES string of the molecule is CCOC(=O)COc1ccc(CCNC(=O)c2cccc(N)c2)cc1. The number of amides is 1. The van der Waals surface area contributed by atoms with E-state index in [9.17, 15) is 9.59 Å². The fourth-order valence-electron chi connectivity index (χ4n) is 2.20. The second kappa shape index (κ2) is 9.32. The number of esters is 1. The first-order valence-electron chi connectivity index (χ1n) is 8.09. The van der Waals surface area contributed by atoms with Crippen LogP contribution in [-0.2, 0) is 16.0 Å². The summed E-state index contributed by atoms with van der Waals surface area (Å²) in [6.45, 7) is 2.49. The summed E-state index contributed by atoms with van der Waals surface area (Å²) >= 11 is 0. The number of hydrogen-bond acceptors (Lipinski definition) is 5. The third-order valence-corrected chi connectivity index (χ3v) is 3.43. The summed E-state index contributed by atoms with van der Waals surface area (Å²) in [7, 11) is 0. The van der Waals surface area contributed by atoms with E-state index in [0.717, 1.165) is 5.56 Å². The van der Waals surface area contributed by atoms with Crippen LogP contribution in [0.3, 0.4) is 0 Å². The molecule has 0 saturated heterocycles. The van der Waals surface area contributed by atoms with E-state index in [0.29, 0.717) is 36.6 Å². The summed E-state index contributed by atoms with van der Waals surface area (Å²) in [5.41, 5.74) is 7.83. The van der Waals surface area contributed by atoms with Gasteiger partial charge in [0.2, 0.25) is 0 Å². The molecule has 0 fully saturated rings. The quantitative estimate of drug-likeness (QED) is 0.567. The number of hydrogen-bond donors (Lipinski definition) is 2. The fourth-order valence-corrected chi connectivity index (χ4v) is 2.20. The van der Waals surface area contributed by atoms with Crippen molar-refractivity contribution in [1.82, 2.24) is 5.32 Å². The van der Waals surface area contributed by atoms with Crippen LogP contribution in [0, 0.1) is 0 Å². The first-order valence-corrected chi connectivity index (χ1v) is 8.09. The van der Waals surface area contributed by atoms with E-state index in [-0.39, 0.29) is 12.5 Å². The van der Waals surface area contributed by atoms with Crippen LogP contribution in [0.5, 0.6) is 5.75 Å². The summed E-state index contributed by atoms with van der Waals surface area (Å²) in [6, 6.07) is 14.2. The lowest BCUT2D eigenvalue weighted by Crippen LogP contribution is -2.25. The minimum absolute atomic E-state index is 0.108. The van der Waals surface area contributed by atoms with E-state index in [2.05, 4.69) is 5.32 Å². The van der Waals surface area contributed by atoms with Crippen LogP contribution in [0.25, 0.3) is 0 Å². The minimum Gasteiger partial charge on any atom is -0.482 e. The van der Waals surface area contributed by atoms with Crippen molar-refractivity contribution < 1.29 is 19.1 Å². The van der Waals surface area contributed by atoms with Crippen molar-refractivity contribution in [2.45, 2.75) is 13.3 Å². The largest absolute Gasteiger partial charge is 0.482 e. The lowest BCUT2D eigenvalue weighted by Gasteiger charge is -2.08. The maximum absolute atomic E-state index is 12.0.